The molecule has 6 heteroatoms. The molecule has 2 rings (SSSR count). The molecule has 3 N–H and O–H groups in total. The monoisotopic (exact) mass is 335 g/mol. The number of carbonyl (C=O) groups is 1. The minimum atomic E-state index is -0.269. The highest BCUT2D eigenvalue weighted by Gasteiger charge is 2.09. The van der Waals surface area contributed by atoms with Crippen molar-refractivity contribution in [2.45, 2.75) is 6.92 Å². The normalized spacial score (nSPS) is 10.1. The molecule has 0 aliphatic rings. The van der Waals surface area contributed by atoms with Crippen LogP contribution in [0.5, 0.6) is 5.75 Å². The minimum Gasteiger partial charge on any atom is -0.494 e. The first-order valence-corrected chi connectivity index (χ1v) is 6.83. The van der Waals surface area contributed by atoms with Gasteiger partial charge in [0.05, 0.1) is 23.5 Å². The van der Waals surface area contributed by atoms with Gasteiger partial charge in [-0.2, -0.15) is 0 Å². The molecule has 2 aromatic rings. The zero-order valence-corrected chi connectivity index (χ0v) is 12.5. The first-order chi connectivity index (χ1) is 9.60. The first-order valence-electron chi connectivity index (χ1n) is 6.04. The third-order valence-corrected chi connectivity index (χ3v) is 2.98. The number of aromatic nitrogens is 1. The SMILES string of the molecule is CCOc1ccc(NC(=O)c2cncc(Br)c2)c(N)c1. The summed E-state index contributed by atoms with van der Waals surface area (Å²) in [6, 6.07) is 6.84. The van der Waals surface area contributed by atoms with Crippen molar-refractivity contribution >= 4 is 33.2 Å². The maximum atomic E-state index is 12.1. The van der Waals surface area contributed by atoms with Crippen LogP contribution < -0.4 is 15.8 Å². The van der Waals surface area contributed by atoms with Gasteiger partial charge in [0.25, 0.3) is 5.91 Å². The van der Waals surface area contributed by atoms with Crippen molar-refractivity contribution in [2.75, 3.05) is 17.7 Å². The summed E-state index contributed by atoms with van der Waals surface area (Å²) in [7, 11) is 0. The molecule has 1 aromatic heterocycles. The van der Waals surface area contributed by atoms with Gasteiger partial charge >= 0.3 is 0 Å². The van der Waals surface area contributed by atoms with Gasteiger partial charge in [-0.05, 0) is 41.1 Å². The van der Waals surface area contributed by atoms with E-state index in [0.29, 0.717) is 29.3 Å². The smallest absolute Gasteiger partial charge is 0.257 e. The van der Waals surface area contributed by atoms with Gasteiger partial charge in [-0.25, -0.2) is 0 Å². The number of hydrogen-bond acceptors (Lipinski definition) is 4. The fourth-order valence-corrected chi connectivity index (χ4v) is 2.01. The second kappa shape index (κ2) is 6.38. The van der Waals surface area contributed by atoms with Crippen LogP contribution in [-0.2, 0) is 0 Å². The molecular formula is C14H14BrN3O2. The van der Waals surface area contributed by atoms with Crippen LogP contribution >= 0.6 is 15.9 Å². The number of nitrogens with one attached hydrogen (secondary N) is 1. The zero-order chi connectivity index (χ0) is 14.5. The highest BCUT2D eigenvalue weighted by Crippen LogP contribution is 2.25. The van der Waals surface area contributed by atoms with Crippen LogP contribution in [0.25, 0.3) is 0 Å². The molecule has 0 atom stereocenters. The quantitative estimate of drug-likeness (QED) is 0.841. The number of anilines is 2. The van der Waals surface area contributed by atoms with Gasteiger partial charge in [0.1, 0.15) is 5.75 Å². The minimum absolute atomic E-state index is 0.269. The highest BCUT2D eigenvalue weighted by atomic mass is 79.9. The van der Waals surface area contributed by atoms with E-state index in [9.17, 15) is 4.79 Å². The summed E-state index contributed by atoms with van der Waals surface area (Å²) in [6.45, 7) is 2.46. The molecule has 0 saturated heterocycles. The zero-order valence-electron chi connectivity index (χ0n) is 10.9. The molecule has 0 spiro atoms. The molecule has 1 aromatic carbocycles. The second-order valence-corrected chi connectivity index (χ2v) is 4.94. The van der Waals surface area contributed by atoms with Crippen molar-refractivity contribution in [3.8, 4) is 5.75 Å². The summed E-state index contributed by atoms with van der Waals surface area (Å²) in [5.41, 5.74) is 7.33. The Morgan fingerprint density at radius 2 is 2.20 bits per heavy atom. The van der Waals surface area contributed by atoms with Crippen LogP contribution in [0.15, 0.2) is 41.1 Å². The maximum Gasteiger partial charge on any atom is 0.257 e. The van der Waals surface area contributed by atoms with Crippen molar-refractivity contribution in [1.82, 2.24) is 4.98 Å². The summed E-state index contributed by atoms with van der Waals surface area (Å²) in [5.74, 6) is 0.404. The van der Waals surface area contributed by atoms with Crippen LogP contribution in [0.4, 0.5) is 11.4 Å². The summed E-state index contributed by atoms with van der Waals surface area (Å²) < 4.78 is 6.08. The fourth-order valence-electron chi connectivity index (χ4n) is 1.64. The third kappa shape index (κ3) is 3.48. The average Bonchev–Trinajstić information content (AvgIpc) is 2.42. The Bertz CT molecular complexity index is 632. The van der Waals surface area contributed by atoms with Crippen molar-refractivity contribution in [3.05, 3.63) is 46.7 Å². The van der Waals surface area contributed by atoms with Gasteiger partial charge in [0.2, 0.25) is 0 Å². The lowest BCUT2D eigenvalue weighted by atomic mass is 10.2. The van der Waals surface area contributed by atoms with E-state index in [2.05, 4.69) is 26.2 Å². The molecule has 0 saturated carbocycles. The molecule has 1 heterocycles. The summed E-state index contributed by atoms with van der Waals surface area (Å²) in [4.78, 5) is 16.0. The number of amides is 1. The molecule has 1 amide bonds. The second-order valence-electron chi connectivity index (χ2n) is 4.03. The average molecular weight is 336 g/mol. The Labute approximate surface area is 125 Å². The van der Waals surface area contributed by atoms with Crippen LogP contribution in [0.1, 0.15) is 17.3 Å². The Morgan fingerprint density at radius 3 is 2.85 bits per heavy atom. The van der Waals surface area contributed by atoms with E-state index in [4.69, 9.17) is 10.5 Å². The molecular weight excluding hydrogens is 322 g/mol. The number of ether oxygens (including phenoxy) is 1. The summed E-state index contributed by atoms with van der Waals surface area (Å²) >= 11 is 3.27. The Morgan fingerprint density at radius 1 is 1.40 bits per heavy atom. The van der Waals surface area contributed by atoms with E-state index in [1.54, 1.807) is 30.5 Å². The number of hydrogen-bond donors (Lipinski definition) is 2. The molecule has 0 radical (unpaired) electrons. The fraction of sp³-hybridized carbons (Fsp3) is 0.143. The molecule has 0 fully saturated rings. The van der Waals surface area contributed by atoms with Crippen LogP contribution in [0.3, 0.4) is 0 Å². The van der Waals surface area contributed by atoms with Gasteiger partial charge < -0.3 is 15.8 Å². The van der Waals surface area contributed by atoms with Gasteiger partial charge in [-0.3, -0.25) is 9.78 Å². The predicted molar refractivity (Wildman–Crippen MR) is 81.9 cm³/mol. The van der Waals surface area contributed by atoms with E-state index in [1.165, 1.54) is 6.20 Å². The highest BCUT2D eigenvalue weighted by molar-refractivity contribution is 9.10. The number of rotatable bonds is 4. The van der Waals surface area contributed by atoms with Crippen molar-refractivity contribution in [2.24, 2.45) is 0 Å². The Kier molecular flexibility index (Phi) is 4.57. The number of halogens is 1. The lowest BCUT2D eigenvalue weighted by Crippen LogP contribution is -2.13. The number of pyridine rings is 1. The summed E-state index contributed by atoms with van der Waals surface area (Å²) in [5, 5.41) is 2.74. The standard InChI is InChI=1S/C14H14BrN3O2/c1-2-20-11-3-4-13(12(16)6-11)18-14(19)9-5-10(15)8-17-7-9/h3-8H,2,16H2,1H3,(H,18,19). The molecule has 5 nitrogen and oxygen atoms in total. The number of nitrogens with two attached hydrogens (primary N) is 1. The van der Waals surface area contributed by atoms with Gasteiger partial charge in [0.15, 0.2) is 0 Å². The van der Waals surface area contributed by atoms with Gasteiger partial charge in [0, 0.05) is 22.9 Å². The van der Waals surface area contributed by atoms with Crippen molar-refractivity contribution < 1.29 is 9.53 Å². The molecule has 104 valence electrons. The largest absolute Gasteiger partial charge is 0.494 e. The number of benzene rings is 1. The lowest BCUT2D eigenvalue weighted by Gasteiger charge is -2.10. The van der Waals surface area contributed by atoms with Crippen LogP contribution in [0, 0.1) is 0 Å². The van der Waals surface area contributed by atoms with E-state index >= 15 is 0 Å². The van der Waals surface area contributed by atoms with Crippen molar-refractivity contribution in [3.63, 3.8) is 0 Å². The predicted octanol–water partition coefficient (Wildman–Crippen LogP) is 3.08. The molecule has 0 bridgehead atoms. The van der Waals surface area contributed by atoms with E-state index < -0.39 is 0 Å². The molecule has 0 aliphatic carbocycles. The van der Waals surface area contributed by atoms with Crippen LogP contribution in [-0.4, -0.2) is 17.5 Å². The number of carbonyl (C=O) groups excluding carboxylic acids is 1. The number of nitrogens with zero attached hydrogens (tertiary/aromatic N) is 1. The van der Waals surface area contributed by atoms with E-state index in [-0.39, 0.29) is 5.91 Å². The molecule has 0 unspecified atom stereocenters. The first kappa shape index (κ1) is 14.3. The Balaban J connectivity index is 2.15. The lowest BCUT2D eigenvalue weighted by molar-refractivity contribution is 0.102. The number of nitrogen functional groups attached to an aromatic ring is 1. The van der Waals surface area contributed by atoms with Gasteiger partial charge in [-0.15, -0.1) is 0 Å². The van der Waals surface area contributed by atoms with E-state index in [0.717, 1.165) is 4.47 Å². The molecule has 20 heavy (non-hydrogen) atoms. The molecule has 0 aliphatic heterocycles. The topological polar surface area (TPSA) is 77.2 Å². The summed E-state index contributed by atoms with van der Waals surface area (Å²) in [6.07, 6.45) is 3.10. The third-order valence-electron chi connectivity index (χ3n) is 2.55. The van der Waals surface area contributed by atoms with Crippen LogP contribution in [0.2, 0.25) is 0 Å². The Hall–Kier alpha value is -2.08. The van der Waals surface area contributed by atoms with Gasteiger partial charge in [-0.1, -0.05) is 0 Å². The van der Waals surface area contributed by atoms with Crippen molar-refractivity contribution in [1.29, 1.82) is 0 Å². The maximum absolute atomic E-state index is 12.1. The van der Waals surface area contributed by atoms with E-state index in [1.807, 2.05) is 6.92 Å².